The van der Waals surface area contributed by atoms with Gasteiger partial charge in [0.1, 0.15) is 11.9 Å². The van der Waals surface area contributed by atoms with Gasteiger partial charge >= 0.3 is 0 Å². The summed E-state index contributed by atoms with van der Waals surface area (Å²) in [5.41, 5.74) is 0.667. The number of piperazine rings is 1. The number of para-hydroxylation sites is 1. The fraction of sp³-hybridized carbons (Fsp3) is 0.421. The monoisotopic (exact) mass is 423 g/mol. The molecule has 2 aromatic rings. The Kier molecular flexibility index (Phi) is 6.27. The Morgan fingerprint density at radius 1 is 1.32 bits per heavy atom. The van der Waals surface area contributed by atoms with Crippen LogP contribution in [0.15, 0.2) is 36.7 Å². The molecule has 0 spiro atoms. The molecule has 2 aliphatic heterocycles. The molecule has 2 amide bonds. The van der Waals surface area contributed by atoms with Gasteiger partial charge in [-0.2, -0.15) is 0 Å². The number of imidazole rings is 1. The zero-order valence-electron chi connectivity index (χ0n) is 15.5. The van der Waals surface area contributed by atoms with Gasteiger partial charge in [0.15, 0.2) is 0 Å². The van der Waals surface area contributed by atoms with Gasteiger partial charge in [0, 0.05) is 52.0 Å². The zero-order valence-corrected chi connectivity index (χ0v) is 17.1. The molecule has 2 aliphatic rings. The molecule has 0 aliphatic carbocycles. The van der Waals surface area contributed by atoms with E-state index in [1.807, 2.05) is 40.9 Å². The van der Waals surface area contributed by atoms with Gasteiger partial charge in [-0.05, 0) is 12.1 Å². The van der Waals surface area contributed by atoms with Crippen LogP contribution in [0.4, 0.5) is 5.69 Å². The second-order valence-corrected chi connectivity index (χ2v) is 7.41. The van der Waals surface area contributed by atoms with Crippen LogP contribution in [0.25, 0.3) is 0 Å². The lowest BCUT2D eigenvalue weighted by Gasteiger charge is -2.37. The molecule has 2 saturated heterocycles. The maximum atomic E-state index is 13.3. The average Bonchev–Trinajstić information content (AvgIpc) is 3.27. The lowest BCUT2D eigenvalue weighted by Crippen LogP contribution is -2.51. The number of anilines is 1. The van der Waals surface area contributed by atoms with Crippen molar-refractivity contribution in [3.8, 4) is 0 Å². The molecular weight excluding hydrogens is 401 g/mol. The first kappa shape index (κ1) is 20.6. The number of aromatic nitrogens is 2. The lowest BCUT2D eigenvalue weighted by atomic mass is 10.0. The van der Waals surface area contributed by atoms with Crippen molar-refractivity contribution < 1.29 is 9.59 Å². The number of rotatable bonds is 3. The number of hydrogen-bond acceptors (Lipinski definition) is 4. The molecule has 2 fully saturated rings. The normalized spacial score (nSPS) is 22.3. The molecule has 1 N–H and O–H groups in total. The predicted molar refractivity (Wildman–Crippen MR) is 110 cm³/mol. The van der Waals surface area contributed by atoms with E-state index in [-0.39, 0.29) is 42.6 Å². The first-order valence-electron chi connectivity index (χ1n) is 9.09. The first-order chi connectivity index (χ1) is 13.1. The highest BCUT2D eigenvalue weighted by Gasteiger charge is 2.41. The van der Waals surface area contributed by atoms with Crippen molar-refractivity contribution in [3.63, 3.8) is 0 Å². The van der Waals surface area contributed by atoms with Crippen molar-refractivity contribution in [1.29, 1.82) is 0 Å². The lowest BCUT2D eigenvalue weighted by molar-refractivity contribution is -0.139. The maximum Gasteiger partial charge on any atom is 0.228 e. The number of amides is 2. The van der Waals surface area contributed by atoms with Gasteiger partial charge in [-0.1, -0.05) is 23.7 Å². The second kappa shape index (κ2) is 8.51. The van der Waals surface area contributed by atoms with Crippen LogP contribution in [0.5, 0.6) is 0 Å². The van der Waals surface area contributed by atoms with E-state index >= 15 is 0 Å². The number of hydrogen-bond donors (Lipinski definition) is 1. The Bertz CT molecular complexity index is 872. The summed E-state index contributed by atoms with van der Waals surface area (Å²) in [6.07, 6.45) is 3.83. The minimum absolute atomic E-state index is 0. The Hall–Kier alpha value is -2.09. The van der Waals surface area contributed by atoms with Gasteiger partial charge in [0.25, 0.3) is 0 Å². The molecule has 150 valence electrons. The van der Waals surface area contributed by atoms with Crippen LogP contribution in [-0.2, 0) is 16.6 Å². The third-order valence-corrected chi connectivity index (χ3v) is 5.62. The van der Waals surface area contributed by atoms with Crippen molar-refractivity contribution >= 4 is 41.5 Å². The van der Waals surface area contributed by atoms with Crippen molar-refractivity contribution in [2.45, 2.75) is 12.5 Å². The van der Waals surface area contributed by atoms with Crippen LogP contribution < -0.4 is 10.2 Å². The van der Waals surface area contributed by atoms with Crippen LogP contribution in [-0.4, -0.2) is 52.4 Å². The molecule has 9 heteroatoms. The summed E-state index contributed by atoms with van der Waals surface area (Å²) in [4.78, 5) is 33.7. The summed E-state index contributed by atoms with van der Waals surface area (Å²) < 4.78 is 1.94. The third-order valence-electron chi connectivity index (χ3n) is 5.30. The summed E-state index contributed by atoms with van der Waals surface area (Å²) in [7, 11) is 1.93. The molecular formula is C19H23Cl2N5O2. The molecule has 0 bridgehead atoms. The molecule has 3 heterocycles. The highest BCUT2D eigenvalue weighted by Crippen LogP contribution is 2.33. The van der Waals surface area contributed by atoms with Gasteiger partial charge in [-0.3, -0.25) is 9.59 Å². The van der Waals surface area contributed by atoms with Crippen LogP contribution >= 0.6 is 24.0 Å². The molecule has 4 rings (SSSR count). The minimum atomic E-state index is -0.366. The smallest absolute Gasteiger partial charge is 0.228 e. The van der Waals surface area contributed by atoms with Gasteiger partial charge < -0.3 is 19.7 Å². The molecule has 0 saturated carbocycles. The van der Waals surface area contributed by atoms with E-state index in [4.69, 9.17) is 11.6 Å². The SMILES string of the molecule is Cl.Cn1ccnc1C1CNCCN1C(=O)C1CC(=O)N(c2ccccc2Cl)C1. The Morgan fingerprint density at radius 2 is 2.11 bits per heavy atom. The average molecular weight is 424 g/mol. The molecule has 28 heavy (non-hydrogen) atoms. The number of aryl methyl sites for hydroxylation is 1. The Balaban J connectivity index is 0.00000225. The Morgan fingerprint density at radius 3 is 2.82 bits per heavy atom. The summed E-state index contributed by atoms with van der Waals surface area (Å²) in [5.74, 6) is 0.426. The van der Waals surface area contributed by atoms with Crippen molar-refractivity contribution in [3.05, 3.63) is 47.5 Å². The molecule has 1 aromatic carbocycles. The van der Waals surface area contributed by atoms with Crippen molar-refractivity contribution in [2.75, 3.05) is 31.1 Å². The quantitative estimate of drug-likeness (QED) is 0.819. The predicted octanol–water partition coefficient (Wildman–Crippen LogP) is 2.02. The highest BCUT2D eigenvalue weighted by atomic mass is 35.5. The van der Waals surface area contributed by atoms with Crippen LogP contribution in [0, 0.1) is 5.92 Å². The summed E-state index contributed by atoms with van der Waals surface area (Å²) >= 11 is 6.25. The van der Waals surface area contributed by atoms with E-state index < -0.39 is 0 Å². The standard InChI is InChI=1S/C19H22ClN5O2.ClH/c1-23-8-7-22-18(23)16-11-21-6-9-24(16)19(27)13-10-17(26)25(12-13)15-5-3-2-4-14(15)20;/h2-5,7-8,13,16,21H,6,9-12H2,1H3;1H. The number of benzene rings is 1. The number of carbonyl (C=O) groups excluding carboxylic acids is 2. The van der Waals surface area contributed by atoms with Crippen LogP contribution in [0.1, 0.15) is 18.3 Å². The molecule has 1 aromatic heterocycles. The van der Waals surface area contributed by atoms with E-state index in [9.17, 15) is 9.59 Å². The number of carbonyl (C=O) groups is 2. The van der Waals surface area contributed by atoms with Crippen molar-refractivity contribution in [2.24, 2.45) is 13.0 Å². The molecule has 0 radical (unpaired) electrons. The van der Waals surface area contributed by atoms with E-state index in [1.54, 1.807) is 17.2 Å². The molecule has 2 unspecified atom stereocenters. The number of nitrogens with one attached hydrogen (secondary N) is 1. The topological polar surface area (TPSA) is 70.5 Å². The Labute approximate surface area is 175 Å². The largest absolute Gasteiger partial charge is 0.336 e. The number of nitrogens with zero attached hydrogens (tertiary/aromatic N) is 4. The molecule has 7 nitrogen and oxygen atoms in total. The van der Waals surface area contributed by atoms with Gasteiger partial charge in [-0.15, -0.1) is 12.4 Å². The van der Waals surface area contributed by atoms with Gasteiger partial charge in [0.2, 0.25) is 11.8 Å². The van der Waals surface area contributed by atoms with E-state index in [0.717, 1.165) is 12.4 Å². The van der Waals surface area contributed by atoms with Gasteiger partial charge in [0.05, 0.1) is 16.6 Å². The summed E-state index contributed by atoms with van der Waals surface area (Å²) in [5, 5.41) is 3.85. The maximum absolute atomic E-state index is 13.3. The fourth-order valence-corrected chi connectivity index (χ4v) is 4.15. The van der Waals surface area contributed by atoms with Gasteiger partial charge in [-0.25, -0.2) is 4.98 Å². The zero-order chi connectivity index (χ0) is 19.0. The third kappa shape index (κ3) is 3.74. The fourth-order valence-electron chi connectivity index (χ4n) is 3.91. The minimum Gasteiger partial charge on any atom is -0.336 e. The molecule has 2 atom stereocenters. The van der Waals surface area contributed by atoms with E-state index in [1.165, 1.54) is 0 Å². The van der Waals surface area contributed by atoms with Crippen LogP contribution in [0.3, 0.4) is 0 Å². The van der Waals surface area contributed by atoms with E-state index in [0.29, 0.717) is 30.3 Å². The first-order valence-corrected chi connectivity index (χ1v) is 9.47. The van der Waals surface area contributed by atoms with Crippen LogP contribution in [0.2, 0.25) is 5.02 Å². The van der Waals surface area contributed by atoms with E-state index in [2.05, 4.69) is 10.3 Å². The van der Waals surface area contributed by atoms with Crippen molar-refractivity contribution in [1.82, 2.24) is 19.8 Å². The summed E-state index contributed by atoms with van der Waals surface area (Å²) in [6, 6.07) is 7.11. The highest BCUT2D eigenvalue weighted by molar-refractivity contribution is 6.33. The second-order valence-electron chi connectivity index (χ2n) is 7.00. The summed E-state index contributed by atoms with van der Waals surface area (Å²) in [6.45, 7) is 2.36. The number of halogens is 2.